The van der Waals surface area contributed by atoms with Crippen LogP contribution < -0.4 is 14.9 Å². The number of sulfonamides is 1. The van der Waals surface area contributed by atoms with E-state index in [1.54, 1.807) is 12.1 Å². The van der Waals surface area contributed by atoms with Gasteiger partial charge in [-0.2, -0.15) is 9.04 Å². The molecule has 1 aromatic carbocycles. The van der Waals surface area contributed by atoms with Crippen LogP contribution in [0, 0.1) is 11.1 Å². The van der Waals surface area contributed by atoms with Crippen LogP contribution in [0.15, 0.2) is 53.7 Å². The normalized spacial score (nSPS) is 20.4. The average Bonchev–Trinajstić information content (AvgIpc) is 3.44. The molecule has 0 aliphatic carbocycles. The third-order valence-electron chi connectivity index (χ3n) is 7.00. The fraction of sp³-hybridized carbons (Fsp3) is 0.462. The number of carbonyl (C=O) groups excluding carboxylic acids is 3. The van der Waals surface area contributed by atoms with Gasteiger partial charge in [0.15, 0.2) is 18.2 Å². The number of rotatable bonds is 8. The molecule has 2 aromatic rings. The highest BCUT2D eigenvalue weighted by atomic mass is 32.2. The number of ketones is 1. The first-order chi connectivity index (χ1) is 17.9. The Morgan fingerprint density at radius 1 is 1.13 bits per heavy atom. The topological polar surface area (TPSA) is 134 Å². The number of hydrogen-bond donors (Lipinski definition) is 1. The Hall–Kier alpha value is -3.51. The molecule has 38 heavy (non-hydrogen) atoms. The molecule has 2 saturated heterocycles. The summed E-state index contributed by atoms with van der Waals surface area (Å²) in [5.41, 5.74) is 1.34. The van der Waals surface area contributed by atoms with Crippen molar-refractivity contribution in [3.8, 4) is 0 Å². The van der Waals surface area contributed by atoms with Crippen molar-refractivity contribution in [3.63, 3.8) is 0 Å². The van der Waals surface area contributed by atoms with E-state index in [9.17, 15) is 28.0 Å². The van der Waals surface area contributed by atoms with Gasteiger partial charge in [-0.1, -0.05) is 13.8 Å². The largest absolute Gasteiger partial charge is 0.619 e. The van der Waals surface area contributed by atoms with Crippen molar-refractivity contribution in [3.05, 3.63) is 59.6 Å². The van der Waals surface area contributed by atoms with Crippen LogP contribution in [0.1, 0.15) is 37.0 Å². The number of amides is 2. The Morgan fingerprint density at radius 3 is 2.34 bits per heavy atom. The first-order valence-electron chi connectivity index (χ1n) is 12.5. The smallest absolute Gasteiger partial charge is 0.251 e. The van der Waals surface area contributed by atoms with E-state index in [-0.39, 0.29) is 29.7 Å². The standard InChI is InChI=1S/C26H33N5O6S/c1-17(2)15-21(27-25(33)18-5-7-19(8-6-18)28(3)4)26(34)30-14-11-22-24(30)23(32)16-31(22)38(36,37)20-9-12-29(35)13-10-20/h5-10,12-13,17,21-22,24H,11,14-16H2,1-4H3,(H,27,33). The number of likely N-dealkylation sites (tertiary alicyclic amines) is 1. The van der Waals surface area contributed by atoms with E-state index in [1.165, 1.54) is 17.0 Å². The molecule has 2 aliphatic heterocycles. The second kappa shape index (κ2) is 10.7. The third-order valence-corrected chi connectivity index (χ3v) is 8.88. The molecule has 1 N–H and O–H groups in total. The third kappa shape index (κ3) is 5.37. The molecule has 2 amide bonds. The van der Waals surface area contributed by atoms with Crippen LogP contribution in [0.25, 0.3) is 0 Å². The highest BCUT2D eigenvalue weighted by Gasteiger charge is 2.54. The number of carbonyl (C=O) groups is 3. The minimum Gasteiger partial charge on any atom is -0.619 e. The maximum absolute atomic E-state index is 13.7. The summed E-state index contributed by atoms with van der Waals surface area (Å²) in [5, 5.41) is 14.2. The zero-order valence-electron chi connectivity index (χ0n) is 21.9. The predicted octanol–water partition coefficient (Wildman–Crippen LogP) is 0.774. The van der Waals surface area contributed by atoms with Gasteiger partial charge in [0.05, 0.1) is 17.5 Å². The van der Waals surface area contributed by atoms with E-state index < -0.39 is 40.0 Å². The van der Waals surface area contributed by atoms with Crippen molar-refractivity contribution in [2.45, 2.75) is 49.7 Å². The second-order valence-corrected chi connectivity index (χ2v) is 12.2. The van der Waals surface area contributed by atoms with Crippen LogP contribution in [-0.4, -0.2) is 80.5 Å². The van der Waals surface area contributed by atoms with Gasteiger partial charge in [-0.25, -0.2) is 8.42 Å². The van der Waals surface area contributed by atoms with Crippen LogP contribution in [-0.2, 0) is 19.6 Å². The average molecular weight is 544 g/mol. The summed E-state index contributed by atoms with van der Waals surface area (Å²) < 4.78 is 28.1. The van der Waals surface area contributed by atoms with Gasteiger partial charge in [0.25, 0.3) is 5.91 Å². The van der Waals surface area contributed by atoms with Gasteiger partial charge in [0, 0.05) is 44.0 Å². The number of nitrogens with one attached hydrogen (secondary N) is 1. The van der Waals surface area contributed by atoms with E-state index in [0.717, 1.165) is 22.4 Å². The summed E-state index contributed by atoms with van der Waals surface area (Å²) >= 11 is 0. The van der Waals surface area contributed by atoms with Crippen LogP contribution in [0.4, 0.5) is 5.69 Å². The Labute approximate surface area is 222 Å². The summed E-state index contributed by atoms with van der Waals surface area (Å²) in [6.07, 6.45) is 2.83. The van der Waals surface area contributed by atoms with Crippen molar-refractivity contribution >= 4 is 33.3 Å². The molecule has 2 aliphatic rings. The fourth-order valence-corrected chi connectivity index (χ4v) is 6.70. The van der Waals surface area contributed by atoms with Crippen molar-refractivity contribution in [2.24, 2.45) is 5.92 Å². The summed E-state index contributed by atoms with van der Waals surface area (Å²) in [6.45, 7) is 3.72. The number of anilines is 1. The SMILES string of the molecule is CC(C)CC(NC(=O)c1ccc(N(C)C)cc1)C(=O)N1CCC2C1C(=O)CN2S(=O)(=O)c1cc[n+]([O-])cc1. The van der Waals surface area contributed by atoms with Crippen LogP contribution in [0.5, 0.6) is 0 Å². The monoisotopic (exact) mass is 543 g/mol. The van der Waals surface area contributed by atoms with Crippen molar-refractivity contribution in [1.29, 1.82) is 0 Å². The number of Topliss-reactive ketones (excluding diaryl/α,β-unsaturated/α-hetero) is 1. The van der Waals surface area contributed by atoms with Crippen molar-refractivity contribution in [1.82, 2.24) is 14.5 Å². The molecule has 1 aromatic heterocycles. The highest BCUT2D eigenvalue weighted by molar-refractivity contribution is 7.89. The van der Waals surface area contributed by atoms with E-state index in [0.29, 0.717) is 23.1 Å². The van der Waals surface area contributed by atoms with Gasteiger partial charge in [-0.3, -0.25) is 14.4 Å². The van der Waals surface area contributed by atoms with E-state index >= 15 is 0 Å². The Morgan fingerprint density at radius 2 is 1.76 bits per heavy atom. The first-order valence-corrected chi connectivity index (χ1v) is 14.0. The Kier molecular flexibility index (Phi) is 7.75. The van der Waals surface area contributed by atoms with Gasteiger partial charge in [0.1, 0.15) is 12.1 Å². The summed E-state index contributed by atoms with van der Waals surface area (Å²) in [6, 6.07) is 6.90. The highest BCUT2D eigenvalue weighted by Crippen LogP contribution is 2.34. The maximum Gasteiger partial charge on any atom is 0.251 e. The lowest BCUT2D eigenvalue weighted by Gasteiger charge is -2.29. The summed E-state index contributed by atoms with van der Waals surface area (Å²) in [7, 11) is -0.254. The van der Waals surface area contributed by atoms with Crippen molar-refractivity contribution in [2.75, 3.05) is 32.1 Å². The minimum atomic E-state index is -4.05. The predicted molar refractivity (Wildman–Crippen MR) is 140 cm³/mol. The fourth-order valence-electron chi connectivity index (χ4n) is 5.09. The zero-order chi connectivity index (χ0) is 27.8. The first kappa shape index (κ1) is 27.5. The van der Waals surface area contributed by atoms with Crippen LogP contribution >= 0.6 is 0 Å². The number of benzene rings is 1. The number of nitrogens with zero attached hydrogens (tertiary/aromatic N) is 4. The lowest BCUT2D eigenvalue weighted by Crippen LogP contribution is -2.53. The van der Waals surface area contributed by atoms with Crippen LogP contribution in [0.3, 0.4) is 0 Å². The van der Waals surface area contributed by atoms with E-state index in [1.807, 2.05) is 45.0 Å². The maximum atomic E-state index is 13.7. The van der Waals surface area contributed by atoms with Crippen LogP contribution in [0.2, 0.25) is 0 Å². The Balaban J connectivity index is 1.53. The quantitative estimate of drug-likeness (QED) is 0.384. The molecular weight excluding hydrogens is 510 g/mol. The molecule has 12 heteroatoms. The molecule has 11 nitrogen and oxygen atoms in total. The molecule has 0 bridgehead atoms. The molecule has 0 spiro atoms. The van der Waals surface area contributed by atoms with Gasteiger partial charge < -0.3 is 20.3 Å². The number of fused-ring (bicyclic) bond motifs is 1. The zero-order valence-corrected chi connectivity index (χ0v) is 22.7. The van der Waals surface area contributed by atoms with E-state index in [4.69, 9.17) is 0 Å². The summed E-state index contributed by atoms with van der Waals surface area (Å²) in [4.78, 5) is 43.0. The minimum absolute atomic E-state index is 0.0804. The molecule has 4 rings (SSSR count). The lowest BCUT2D eigenvalue weighted by molar-refractivity contribution is -0.605. The summed E-state index contributed by atoms with van der Waals surface area (Å²) in [5.74, 6) is -1.08. The molecule has 204 valence electrons. The number of aromatic nitrogens is 1. The number of pyridine rings is 1. The van der Waals surface area contributed by atoms with E-state index in [2.05, 4.69) is 5.32 Å². The van der Waals surface area contributed by atoms with Gasteiger partial charge in [0.2, 0.25) is 15.9 Å². The molecule has 3 unspecified atom stereocenters. The molecule has 3 atom stereocenters. The van der Waals surface area contributed by atoms with Gasteiger partial charge >= 0.3 is 0 Å². The van der Waals surface area contributed by atoms with Crippen molar-refractivity contribution < 1.29 is 27.5 Å². The molecular formula is C26H33N5O6S. The molecule has 2 fully saturated rings. The van der Waals surface area contributed by atoms with Gasteiger partial charge in [-0.15, -0.1) is 0 Å². The molecule has 0 saturated carbocycles. The molecule has 0 radical (unpaired) electrons. The number of hydrogen-bond acceptors (Lipinski definition) is 7. The second-order valence-electron chi connectivity index (χ2n) is 10.3. The Bertz CT molecular complexity index is 1310. The van der Waals surface area contributed by atoms with Gasteiger partial charge in [-0.05, 0) is 43.0 Å². The molecule has 3 heterocycles. The lowest BCUT2D eigenvalue weighted by atomic mass is 10.0.